The smallest absolute Gasteiger partial charge is 0.274 e. The van der Waals surface area contributed by atoms with Gasteiger partial charge in [0.15, 0.2) is 0 Å². The number of fused-ring (bicyclic) bond motifs is 1. The van der Waals surface area contributed by atoms with Gasteiger partial charge in [-0.1, -0.05) is 23.4 Å². The van der Waals surface area contributed by atoms with Crippen molar-refractivity contribution in [2.24, 2.45) is 0 Å². The van der Waals surface area contributed by atoms with Crippen LogP contribution in [0.5, 0.6) is 0 Å². The highest BCUT2D eigenvalue weighted by Gasteiger charge is 2.41. The van der Waals surface area contributed by atoms with Crippen LogP contribution >= 0.6 is 0 Å². The molecule has 4 heterocycles. The van der Waals surface area contributed by atoms with E-state index in [1.54, 1.807) is 28.5 Å². The van der Waals surface area contributed by atoms with Crippen molar-refractivity contribution in [2.75, 3.05) is 18.4 Å². The molecule has 1 N–H and O–H groups in total. The number of anilines is 1. The summed E-state index contributed by atoms with van der Waals surface area (Å²) in [5.74, 6) is -2.39. The highest BCUT2D eigenvalue weighted by Crippen LogP contribution is 2.33. The maximum Gasteiger partial charge on any atom is 0.274 e. The number of amides is 1. The number of hydrogen-bond acceptors (Lipinski definition) is 6. The van der Waals surface area contributed by atoms with Crippen molar-refractivity contribution in [1.82, 2.24) is 24.4 Å². The molecule has 170 valence electrons. The second kappa shape index (κ2) is 8.04. The Morgan fingerprint density at radius 2 is 2.12 bits per heavy atom. The minimum absolute atomic E-state index is 0.175. The number of nitrogens with zero attached hydrogens (tertiary/aromatic N) is 5. The molecule has 1 saturated heterocycles. The first-order valence-electron chi connectivity index (χ1n) is 10.6. The second-order valence-electron chi connectivity index (χ2n) is 8.26. The summed E-state index contributed by atoms with van der Waals surface area (Å²) in [6.07, 6.45) is 3.13. The lowest BCUT2D eigenvalue weighted by atomic mass is 10.1. The first kappa shape index (κ1) is 21.2. The lowest BCUT2D eigenvalue weighted by molar-refractivity contribution is 0.00683. The van der Waals surface area contributed by atoms with Crippen LogP contribution in [0.1, 0.15) is 41.3 Å². The number of benzene rings is 1. The molecule has 1 fully saturated rings. The SMILES string of the molecule is Cc1ccc(-c2noc([C@@H](C)N3CCC(F)(F)C3)n2)cc1NC(=O)c1cnc2ccccn12. The third-order valence-electron chi connectivity index (χ3n) is 5.94. The second-order valence-corrected chi connectivity index (χ2v) is 8.26. The average Bonchev–Trinajstić information content (AvgIpc) is 3.52. The number of nitrogens with one attached hydrogen (secondary N) is 1. The molecule has 4 aromatic rings. The highest BCUT2D eigenvalue weighted by molar-refractivity contribution is 6.04. The number of carbonyl (C=O) groups excluding carboxylic acids is 1. The molecule has 8 nitrogen and oxygen atoms in total. The number of likely N-dealkylation sites (tertiary alicyclic amines) is 1. The minimum Gasteiger partial charge on any atom is -0.337 e. The molecule has 1 atom stereocenters. The molecule has 1 aliphatic rings. The van der Waals surface area contributed by atoms with E-state index in [4.69, 9.17) is 4.52 Å². The van der Waals surface area contributed by atoms with Crippen LogP contribution in [0.2, 0.25) is 0 Å². The van der Waals surface area contributed by atoms with E-state index in [-0.39, 0.29) is 31.3 Å². The molecule has 1 aliphatic heterocycles. The van der Waals surface area contributed by atoms with Crippen LogP contribution in [0, 0.1) is 6.92 Å². The van der Waals surface area contributed by atoms with E-state index in [2.05, 4.69) is 20.4 Å². The topological polar surface area (TPSA) is 88.6 Å². The Morgan fingerprint density at radius 1 is 1.27 bits per heavy atom. The van der Waals surface area contributed by atoms with Crippen LogP contribution < -0.4 is 5.32 Å². The van der Waals surface area contributed by atoms with Crippen LogP contribution in [0.15, 0.2) is 53.3 Å². The summed E-state index contributed by atoms with van der Waals surface area (Å²) in [5.41, 5.74) is 3.19. The van der Waals surface area contributed by atoms with Crippen LogP contribution in [0.3, 0.4) is 0 Å². The normalized spacial score (nSPS) is 16.8. The quantitative estimate of drug-likeness (QED) is 0.484. The molecule has 0 spiro atoms. The van der Waals surface area contributed by atoms with Gasteiger partial charge in [0, 0.05) is 30.4 Å². The molecule has 0 bridgehead atoms. The van der Waals surface area contributed by atoms with Gasteiger partial charge in [-0.2, -0.15) is 4.98 Å². The molecule has 1 amide bonds. The van der Waals surface area contributed by atoms with Gasteiger partial charge in [-0.25, -0.2) is 13.8 Å². The Bertz CT molecular complexity index is 1330. The number of imidazole rings is 1. The minimum atomic E-state index is -2.69. The fourth-order valence-corrected chi connectivity index (χ4v) is 3.95. The molecule has 0 saturated carbocycles. The van der Waals surface area contributed by atoms with Gasteiger partial charge in [-0.15, -0.1) is 0 Å². The first-order chi connectivity index (χ1) is 15.8. The summed E-state index contributed by atoms with van der Waals surface area (Å²) < 4.78 is 34.2. The van der Waals surface area contributed by atoms with E-state index in [9.17, 15) is 13.6 Å². The maximum atomic E-state index is 13.6. The predicted octanol–water partition coefficient (Wildman–Crippen LogP) is 4.35. The van der Waals surface area contributed by atoms with Crippen molar-refractivity contribution in [3.05, 3.63) is 65.9 Å². The lowest BCUT2D eigenvalue weighted by Gasteiger charge is -2.20. The molecule has 5 rings (SSSR count). The number of rotatable bonds is 5. The van der Waals surface area contributed by atoms with E-state index in [1.165, 1.54) is 6.20 Å². The van der Waals surface area contributed by atoms with Crippen molar-refractivity contribution in [1.29, 1.82) is 0 Å². The third kappa shape index (κ3) is 4.09. The molecule has 10 heteroatoms. The molecule has 33 heavy (non-hydrogen) atoms. The summed E-state index contributed by atoms with van der Waals surface area (Å²) in [5, 5.41) is 6.95. The van der Waals surface area contributed by atoms with Crippen molar-refractivity contribution in [2.45, 2.75) is 32.2 Å². The highest BCUT2D eigenvalue weighted by atomic mass is 19.3. The Kier molecular flexibility index (Phi) is 5.16. The van der Waals surface area contributed by atoms with Gasteiger partial charge in [0.1, 0.15) is 11.3 Å². The van der Waals surface area contributed by atoms with Crippen molar-refractivity contribution >= 4 is 17.2 Å². The standard InChI is InChI=1S/C23H22F2N6O2/c1-14-6-7-16(20-28-22(33-29-20)15(2)30-10-8-23(24,25)13-30)11-17(14)27-21(32)18-12-26-19-5-3-4-9-31(18)19/h3-7,9,11-12,15H,8,10,13H2,1-2H3,(H,27,32)/t15-/m1/s1. The zero-order valence-corrected chi connectivity index (χ0v) is 18.1. The maximum absolute atomic E-state index is 13.6. The van der Waals surface area contributed by atoms with Crippen molar-refractivity contribution in [3.63, 3.8) is 0 Å². The fraction of sp³-hybridized carbons (Fsp3) is 0.304. The number of aromatic nitrogens is 4. The van der Waals surface area contributed by atoms with Gasteiger partial charge in [0.25, 0.3) is 11.8 Å². The zero-order chi connectivity index (χ0) is 23.2. The van der Waals surface area contributed by atoms with Crippen molar-refractivity contribution in [3.8, 4) is 11.4 Å². The van der Waals surface area contributed by atoms with Crippen molar-refractivity contribution < 1.29 is 18.1 Å². The number of hydrogen-bond donors (Lipinski definition) is 1. The number of pyridine rings is 1. The van der Waals surface area contributed by atoms with E-state index in [1.807, 2.05) is 37.3 Å². The van der Waals surface area contributed by atoms with Crippen LogP contribution in [0.25, 0.3) is 17.0 Å². The first-order valence-corrected chi connectivity index (χ1v) is 10.6. The van der Waals surface area contributed by atoms with Crippen LogP contribution in [0.4, 0.5) is 14.5 Å². The average molecular weight is 452 g/mol. The van der Waals surface area contributed by atoms with E-state index in [0.29, 0.717) is 28.4 Å². The molecule has 0 unspecified atom stereocenters. The van der Waals surface area contributed by atoms with Crippen LogP contribution in [-0.2, 0) is 0 Å². The van der Waals surface area contributed by atoms with Gasteiger partial charge in [0.05, 0.1) is 18.8 Å². The zero-order valence-electron chi connectivity index (χ0n) is 18.1. The summed E-state index contributed by atoms with van der Waals surface area (Å²) >= 11 is 0. The predicted molar refractivity (Wildman–Crippen MR) is 117 cm³/mol. The van der Waals surface area contributed by atoms with Gasteiger partial charge in [-0.3, -0.25) is 14.1 Å². The largest absolute Gasteiger partial charge is 0.337 e. The van der Waals surface area contributed by atoms with Crippen LogP contribution in [-0.4, -0.2) is 49.3 Å². The van der Waals surface area contributed by atoms with E-state index >= 15 is 0 Å². The number of carbonyl (C=O) groups is 1. The summed E-state index contributed by atoms with van der Waals surface area (Å²) in [7, 11) is 0. The molecular weight excluding hydrogens is 430 g/mol. The van der Waals surface area contributed by atoms with Gasteiger partial charge in [0.2, 0.25) is 11.7 Å². The Balaban J connectivity index is 1.36. The lowest BCUT2D eigenvalue weighted by Crippen LogP contribution is -2.28. The van der Waals surface area contributed by atoms with Gasteiger partial charge >= 0.3 is 0 Å². The summed E-state index contributed by atoms with van der Waals surface area (Å²) in [4.78, 5) is 23.2. The van der Waals surface area contributed by atoms with E-state index in [0.717, 1.165) is 5.56 Å². The fourth-order valence-electron chi connectivity index (χ4n) is 3.95. The molecule has 0 radical (unpaired) electrons. The Hall–Kier alpha value is -3.66. The summed E-state index contributed by atoms with van der Waals surface area (Å²) in [6.45, 7) is 3.60. The number of halogens is 2. The summed E-state index contributed by atoms with van der Waals surface area (Å²) in [6, 6.07) is 10.5. The number of aryl methyl sites for hydroxylation is 1. The number of alkyl halides is 2. The monoisotopic (exact) mass is 452 g/mol. The molecule has 1 aromatic carbocycles. The van der Waals surface area contributed by atoms with Gasteiger partial charge in [-0.05, 0) is 37.6 Å². The molecule has 0 aliphatic carbocycles. The Labute approximate surface area is 188 Å². The molecule has 3 aromatic heterocycles. The third-order valence-corrected chi connectivity index (χ3v) is 5.94. The van der Waals surface area contributed by atoms with E-state index < -0.39 is 12.0 Å². The Morgan fingerprint density at radius 3 is 2.91 bits per heavy atom. The van der Waals surface area contributed by atoms with Gasteiger partial charge < -0.3 is 9.84 Å². The molecular formula is C23H22F2N6O2.